The Labute approximate surface area is 240 Å². The second-order valence-electron chi connectivity index (χ2n) is 10.1. The average molecular weight is 558 g/mol. The fraction of sp³-hybridized carbons (Fsp3) is 0.344. The molecule has 5 rings (SSSR count). The number of ether oxygens (including phenoxy) is 2. The van der Waals surface area contributed by atoms with Crippen molar-refractivity contribution >= 4 is 28.1 Å². The fourth-order valence-electron chi connectivity index (χ4n) is 4.86. The molecule has 1 aromatic heterocycles. The molecule has 8 nitrogen and oxygen atoms in total. The smallest absolute Gasteiger partial charge is 0.163 e. The Balaban J connectivity index is 1.21. The summed E-state index contributed by atoms with van der Waals surface area (Å²) < 4.78 is 24.8. The van der Waals surface area contributed by atoms with Gasteiger partial charge in [0.05, 0.1) is 24.9 Å². The first kappa shape index (κ1) is 28.3. The van der Waals surface area contributed by atoms with Gasteiger partial charge in [0.2, 0.25) is 0 Å². The van der Waals surface area contributed by atoms with E-state index in [2.05, 4.69) is 25.3 Å². The van der Waals surface area contributed by atoms with Crippen LogP contribution in [0, 0.1) is 5.82 Å². The summed E-state index contributed by atoms with van der Waals surface area (Å²) in [6, 6.07) is 17.8. The number of hydrogen-bond donors (Lipinski definition) is 1. The highest BCUT2D eigenvalue weighted by atomic mass is 19.1. The van der Waals surface area contributed by atoms with Gasteiger partial charge in [0, 0.05) is 23.7 Å². The number of nitrogens with one attached hydrogen (secondary N) is 1. The number of rotatable bonds is 12. The maximum Gasteiger partial charge on any atom is 0.163 e. The highest BCUT2D eigenvalue weighted by molar-refractivity contribution is 5.99. The van der Waals surface area contributed by atoms with Crippen molar-refractivity contribution in [2.75, 3.05) is 38.7 Å². The predicted molar refractivity (Wildman–Crippen MR) is 160 cm³/mol. The number of fused-ring (bicyclic) bond motifs is 1. The van der Waals surface area contributed by atoms with Crippen LogP contribution in [0.4, 0.5) is 15.9 Å². The molecule has 0 bridgehead atoms. The van der Waals surface area contributed by atoms with Crippen LogP contribution in [-0.2, 0) is 11.4 Å². The van der Waals surface area contributed by atoms with Crippen LogP contribution < -0.4 is 14.8 Å². The first-order valence-electron chi connectivity index (χ1n) is 14.1. The molecule has 0 amide bonds. The first-order chi connectivity index (χ1) is 20.1. The maximum absolute atomic E-state index is 13.1. The number of halogens is 1. The van der Waals surface area contributed by atoms with E-state index in [0.29, 0.717) is 23.9 Å². The van der Waals surface area contributed by atoms with Crippen LogP contribution in [0.3, 0.4) is 0 Å². The minimum Gasteiger partial charge on any atom is -0.493 e. The molecule has 214 valence electrons. The molecule has 9 heteroatoms. The zero-order valence-corrected chi connectivity index (χ0v) is 23.6. The number of benzene rings is 3. The third-order valence-electron chi connectivity index (χ3n) is 7.16. The van der Waals surface area contributed by atoms with Crippen LogP contribution in [0.15, 0.2) is 72.1 Å². The summed E-state index contributed by atoms with van der Waals surface area (Å²) in [5.74, 6) is 1.73. The van der Waals surface area contributed by atoms with Gasteiger partial charge < -0.3 is 24.5 Å². The Bertz CT molecular complexity index is 1460. The van der Waals surface area contributed by atoms with Gasteiger partial charge >= 0.3 is 0 Å². The standard InChI is InChI=1S/C32H36FN5O3/c1-23(37-41-21-24-7-11-26(33)12-8-24)25-9-13-27(14-10-25)36-32-28-19-30(39-2)31(20-29(28)34-22-35-32)40-18-6-17-38-15-4-3-5-16-38/h7-14,19-20,22H,3-6,15-18,21H2,1-2H3,(H,34,35,36)/b37-23+. The molecule has 4 aromatic rings. The number of anilines is 2. The molecule has 3 aromatic carbocycles. The first-order valence-corrected chi connectivity index (χ1v) is 14.1. The van der Waals surface area contributed by atoms with Crippen molar-refractivity contribution in [1.29, 1.82) is 0 Å². The van der Waals surface area contributed by atoms with Crippen LogP contribution in [0.25, 0.3) is 10.9 Å². The van der Waals surface area contributed by atoms with Crippen molar-refractivity contribution in [3.05, 3.63) is 83.9 Å². The Morgan fingerprint density at radius 3 is 2.51 bits per heavy atom. The van der Waals surface area contributed by atoms with E-state index in [-0.39, 0.29) is 12.4 Å². The summed E-state index contributed by atoms with van der Waals surface area (Å²) in [6.45, 7) is 6.21. The summed E-state index contributed by atoms with van der Waals surface area (Å²) in [7, 11) is 1.64. The van der Waals surface area contributed by atoms with Crippen molar-refractivity contribution < 1.29 is 18.7 Å². The largest absolute Gasteiger partial charge is 0.493 e. The minimum absolute atomic E-state index is 0.271. The van der Waals surface area contributed by atoms with Crippen LogP contribution in [-0.4, -0.2) is 53.9 Å². The molecular formula is C32H36FN5O3. The lowest BCUT2D eigenvalue weighted by Crippen LogP contribution is -2.31. The molecular weight excluding hydrogens is 521 g/mol. The predicted octanol–water partition coefficient (Wildman–Crippen LogP) is 6.72. The zero-order valence-electron chi connectivity index (χ0n) is 23.6. The molecule has 1 aliphatic rings. The van der Waals surface area contributed by atoms with Gasteiger partial charge in [0.15, 0.2) is 11.5 Å². The molecule has 2 heterocycles. The van der Waals surface area contributed by atoms with Gasteiger partial charge in [-0.1, -0.05) is 35.8 Å². The second-order valence-corrected chi connectivity index (χ2v) is 10.1. The van der Waals surface area contributed by atoms with E-state index in [9.17, 15) is 4.39 Å². The summed E-state index contributed by atoms with van der Waals surface area (Å²) in [5, 5.41) is 8.42. The van der Waals surface area contributed by atoms with Crippen molar-refractivity contribution in [1.82, 2.24) is 14.9 Å². The lowest BCUT2D eigenvalue weighted by Gasteiger charge is -2.26. The zero-order chi connectivity index (χ0) is 28.4. The topological polar surface area (TPSA) is 81.1 Å². The van der Waals surface area contributed by atoms with Crippen molar-refractivity contribution in [2.45, 2.75) is 39.2 Å². The number of nitrogens with zero attached hydrogens (tertiary/aromatic N) is 4. The molecule has 1 saturated heterocycles. The van der Waals surface area contributed by atoms with Crippen molar-refractivity contribution in [2.24, 2.45) is 5.16 Å². The average Bonchev–Trinajstić information content (AvgIpc) is 3.01. The van der Waals surface area contributed by atoms with Gasteiger partial charge in [-0.2, -0.15) is 0 Å². The summed E-state index contributed by atoms with van der Waals surface area (Å²) in [4.78, 5) is 16.9. The Morgan fingerprint density at radius 2 is 1.76 bits per heavy atom. The molecule has 0 spiro atoms. The summed E-state index contributed by atoms with van der Waals surface area (Å²) >= 11 is 0. The van der Waals surface area contributed by atoms with Crippen LogP contribution in [0.5, 0.6) is 11.5 Å². The molecule has 0 saturated carbocycles. The third-order valence-corrected chi connectivity index (χ3v) is 7.16. The quantitative estimate of drug-likeness (QED) is 0.118. The number of piperidine rings is 1. The Kier molecular flexibility index (Phi) is 9.59. The Morgan fingerprint density at radius 1 is 0.976 bits per heavy atom. The number of aromatic nitrogens is 2. The molecule has 0 radical (unpaired) electrons. The van der Waals surface area contributed by atoms with Crippen LogP contribution >= 0.6 is 0 Å². The van der Waals surface area contributed by atoms with Gasteiger partial charge in [-0.05, 0) is 80.7 Å². The van der Waals surface area contributed by atoms with Gasteiger partial charge in [-0.25, -0.2) is 14.4 Å². The molecule has 0 unspecified atom stereocenters. The number of hydrogen-bond acceptors (Lipinski definition) is 8. The van der Waals surface area contributed by atoms with E-state index >= 15 is 0 Å². The van der Waals surface area contributed by atoms with Crippen molar-refractivity contribution in [3.63, 3.8) is 0 Å². The molecule has 0 aliphatic carbocycles. The number of oxime groups is 1. The Hall–Kier alpha value is -4.24. The molecule has 41 heavy (non-hydrogen) atoms. The van der Waals surface area contributed by atoms with Crippen molar-refractivity contribution in [3.8, 4) is 11.5 Å². The molecule has 1 fully saturated rings. The lowest BCUT2D eigenvalue weighted by molar-refractivity contribution is 0.130. The van der Waals surface area contributed by atoms with E-state index in [1.807, 2.05) is 43.3 Å². The van der Waals surface area contributed by atoms with E-state index in [0.717, 1.165) is 46.4 Å². The maximum atomic E-state index is 13.1. The highest BCUT2D eigenvalue weighted by Crippen LogP contribution is 2.35. The molecule has 1 aliphatic heterocycles. The third kappa shape index (κ3) is 7.70. The summed E-state index contributed by atoms with van der Waals surface area (Å²) in [5.41, 5.74) is 4.14. The van der Waals surface area contributed by atoms with E-state index in [1.165, 1.54) is 44.5 Å². The number of likely N-dealkylation sites (tertiary alicyclic amines) is 1. The van der Waals surface area contributed by atoms with E-state index in [1.54, 1.807) is 25.6 Å². The summed E-state index contributed by atoms with van der Waals surface area (Å²) in [6.07, 6.45) is 6.44. The van der Waals surface area contributed by atoms with E-state index in [4.69, 9.17) is 14.3 Å². The van der Waals surface area contributed by atoms with Gasteiger partial charge in [-0.3, -0.25) is 0 Å². The molecule has 0 atom stereocenters. The molecule has 1 N–H and O–H groups in total. The van der Waals surface area contributed by atoms with Gasteiger partial charge in [-0.15, -0.1) is 0 Å². The lowest BCUT2D eigenvalue weighted by atomic mass is 10.1. The van der Waals surface area contributed by atoms with Gasteiger partial charge in [0.1, 0.15) is 24.6 Å². The highest BCUT2D eigenvalue weighted by Gasteiger charge is 2.13. The van der Waals surface area contributed by atoms with E-state index < -0.39 is 0 Å². The normalized spacial score (nSPS) is 14.2. The van der Waals surface area contributed by atoms with Crippen LogP contribution in [0.2, 0.25) is 0 Å². The second kappa shape index (κ2) is 13.9. The monoisotopic (exact) mass is 557 g/mol. The minimum atomic E-state index is -0.274. The fourth-order valence-corrected chi connectivity index (χ4v) is 4.86. The van der Waals surface area contributed by atoms with Gasteiger partial charge in [0.25, 0.3) is 0 Å². The SMILES string of the molecule is COc1cc2c(Nc3ccc(/C(C)=N/OCc4ccc(F)cc4)cc3)ncnc2cc1OCCCN1CCCCC1. The number of methoxy groups -OCH3 is 1. The van der Waals surface area contributed by atoms with Crippen LogP contribution in [0.1, 0.15) is 43.7 Å².